The maximum Gasteiger partial charge on any atom is 0.227 e. The fraction of sp³-hybridized carbons (Fsp3) is 0.857. The molecule has 6 heteroatoms. The Bertz CT molecular complexity index is 365. The Morgan fingerprint density at radius 2 is 1.75 bits per heavy atom. The number of hydrogen-bond acceptors (Lipinski definition) is 3. The number of rotatable bonds is 2. The SMILES string of the molecule is CC1(N)CCCCC1C(=O)N1CCC(C(N)=O)CC1.Cl. The number of carbonyl (C=O) groups is 2. The molecule has 0 spiro atoms. The van der Waals surface area contributed by atoms with Gasteiger partial charge in [-0.15, -0.1) is 12.4 Å². The molecule has 2 rings (SSSR count). The molecule has 116 valence electrons. The molecule has 2 unspecified atom stereocenters. The number of nitrogens with two attached hydrogens (primary N) is 2. The Kier molecular flexibility index (Phi) is 5.83. The largest absolute Gasteiger partial charge is 0.369 e. The van der Waals surface area contributed by atoms with Crippen LogP contribution in [-0.4, -0.2) is 35.3 Å². The molecule has 2 amide bonds. The number of likely N-dealkylation sites (tertiary alicyclic amines) is 1. The highest BCUT2D eigenvalue weighted by atomic mass is 35.5. The summed E-state index contributed by atoms with van der Waals surface area (Å²) in [5, 5.41) is 0. The van der Waals surface area contributed by atoms with Gasteiger partial charge >= 0.3 is 0 Å². The first-order valence-corrected chi connectivity index (χ1v) is 7.29. The second-order valence-corrected chi connectivity index (χ2v) is 6.31. The third-order valence-corrected chi connectivity index (χ3v) is 4.76. The zero-order valence-corrected chi connectivity index (χ0v) is 13.0. The van der Waals surface area contributed by atoms with Gasteiger partial charge in [0.05, 0.1) is 5.92 Å². The van der Waals surface area contributed by atoms with Gasteiger partial charge in [0.1, 0.15) is 0 Å². The van der Waals surface area contributed by atoms with E-state index in [1.54, 1.807) is 0 Å². The molecule has 0 aromatic rings. The van der Waals surface area contributed by atoms with Gasteiger partial charge in [0.15, 0.2) is 0 Å². The lowest BCUT2D eigenvalue weighted by atomic mass is 9.73. The summed E-state index contributed by atoms with van der Waals surface area (Å²) in [6.07, 6.45) is 5.38. The number of piperidine rings is 1. The highest BCUT2D eigenvalue weighted by Gasteiger charge is 2.40. The summed E-state index contributed by atoms with van der Waals surface area (Å²) >= 11 is 0. The summed E-state index contributed by atoms with van der Waals surface area (Å²) in [7, 11) is 0. The molecular formula is C14H26ClN3O2. The van der Waals surface area contributed by atoms with Crippen molar-refractivity contribution >= 4 is 24.2 Å². The lowest BCUT2D eigenvalue weighted by Gasteiger charge is -2.41. The first-order chi connectivity index (χ1) is 8.92. The van der Waals surface area contributed by atoms with E-state index in [9.17, 15) is 9.59 Å². The molecule has 0 aromatic carbocycles. The van der Waals surface area contributed by atoms with E-state index in [-0.39, 0.29) is 41.6 Å². The van der Waals surface area contributed by atoms with Crippen LogP contribution in [-0.2, 0) is 9.59 Å². The van der Waals surface area contributed by atoms with Gasteiger partial charge in [-0.05, 0) is 32.6 Å². The molecule has 4 N–H and O–H groups in total. The summed E-state index contributed by atoms with van der Waals surface area (Å²) in [5.41, 5.74) is 11.2. The summed E-state index contributed by atoms with van der Waals surface area (Å²) in [4.78, 5) is 25.6. The van der Waals surface area contributed by atoms with Crippen LogP contribution in [0.5, 0.6) is 0 Å². The van der Waals surface area contributed by atoms with E-state index in [2.05, 4.69) is 0 Å². The number of carbonyl (C=O) groups excluding carboxylic acids is 2. The Morgan fingerprint density at radius 3 is 2.25 bits per heavy atom. The van der Waals surface area contributed by atoms with Crippen LogP contribution in [0.1, 0.15) is 45.4 Å². The van der Waals surface area contributed by atoms with Crippen LogP contribution in [0, 0.1) is 11.8 Å². The third kappa shape index (κ3) is 3.64. The van der Waals surface area contributed by atoms with E-state index in [4.69, 9.17) is 11.5 Å². The van der Waals surface area contributed by atoms with Gasteiger partial charge in [0.2, 0.25) is 11.8 Å². The third-order valence-electron chi connectivity index (χ3n) is 4.76. The topological polar surface area (TPSA) is 89.4 Å². The van der Waals surface area contributed by atoms with Crippen LogP contribution in [0.3, 0.4) is 0 Å². The van der Waals surface area contributed by atoms with E-state index >= 15 is 0 Å². The van der Waals surface area contributed by atoms with E-state index < -0.39 is 0 Å². The molecular weight excluding hydrogens is 278 g/mol. The average Bonchev–Trinajstić information content (AvgIpc) is 2.37. The predicted octanol–water partition coefficient (Wildman–Crippen LogP) is 1.04. The summed E-state index contributed by atoms with van der Waals surface area (Å²) in [6.45, 7) is 3.27. The summed E-state index contributed by atoms with van der Waals surface area (Å²) < 4.78 is 0. The minimum absolute atomic E-state index is 0. The Balaban J connectivity index is 0.00000200. The number of halogens is 1. The van der Waals surface area contributed by atoms with E-state index in [0.717, 1.165) is 25.7 Å². The van der Waals surface area contributed by atoms with E-state index in [1.807, 2.05) is 11.8 Å². The summed E-state index contributed by atoms with van der Waals surface area (Å²) in [6, 6.07) is 0. The number of nitrogens with zero attached hydrogens (tertiary/aromatic N) is 1. The average molecular weight is 304 g/mol. The molecule has 1 saturated carbocycles. The quantitative estimate of drug-likeness (QED) is 0.798. The van der Waals surface area contributed by atoms with E-state index in [0.29, 0.717) is 25.9 Å². The minimum Gasteiger partial charge on any atom is -0.369 e. The first-order valence-electron chi connectivity index (χ1n) is 7.29. The van der Waals surface area contributed by atoms with Crippen LogP contribution in [0.4, 0.5) is 0 Å². The summed E-state index contributed by atoms with van der Waals surface area (Å²) in [5.74, 6) is -0.202. The van der Waals surface area contributed by atoms with Crippen LogP contribution in [0.2, 0.25) is 0 Å². The van der Waals surface area contributed by atoms with Gasteiger partial charge in [0.25, 0.3) is 0 Å². The predicted molar refractivity (Wildman–Crippen MR) is 80.3 cm³/mol. The van der Waals surface area contributed by atoms with Crippen LogP contribution in [0.15, 0.2) is 0 Å². The zero-order valence-electron chi connectivity index (χ0n) is 12.1. The Labute approximate surface area is 126 Å². The van der Waals surface area contributed by atoms with Crippen molar-refractivity contribution in [2.24, 2.45) is 23.3 Å². The number of primary amides is 1. The number of hydrogen-bond donors (Lipinski definition) is 2. The van der Waals surface area contributed by atoms with Crippen molar-refractivity contribution in [2.75, 3.05) is 13.1 Å². The van der Waals surface area contributed by atoms with Crippen molar-refractivity contribution < 1.29 is 9.59 Å². The fourth-order valence-electron chi connectivity index (χ4n) is 3.37. The highest BCUT2D eigenvalue weighted by Crippen LogP contribution is 2.33. The van der Waals surface area contributed by atoms with Gasteiger partial charge in [-0.25, -0.2) is 0 Å². The smallest absolute Gasteiger partial charge is 0.227 e. The first kappa shape index (κ1) is 17.2. The molecule has 0 aromatic heterocycles. The molecule has 0 radical (unpaired) electrons. The van der Waals surface area contributed by atoms with Crippen molar-refractivity contribution in [3.05, 3.63) is 0 Å². The molecule has 1 aliphatic heterocycles. The van der Waals surface area contributed by atoms with Crippen molar-refractivity contribution in [3.63, 3.8) is 0 Å². The maximum atomic E-state index is 12.6. The molecule has 1 heterocycles. The zero-order chi connectivity index (χ0) is 14.0. The second kappa shape index (κ2) is 6.76. The minimum atomic E-state index is -0.379. The molecule has 2 aliphatic rings. The molecule has 5 nitrogen and oxygen atoms in total. The van der Waals surface area contributed by atoms with Crippen molar-refractivity contribution in [1.82, 2.24) is 4.90 Å². The van der Waals surface area contributed by atoms with Crippen LogP contribution < -0.4 is 11.5 Å². The lowest BCUT2D eigenvalue weighted by molar-refractivity contribution is -0.141. The van der Waals surface area contributed by atoms with Crippen LogP contribution >= 0.6 is 12.4 Å². The number of amides is 2. The Morgan fingerprint density at radius 1 is 1.15 bits per heavy atom. The van der Waals surface area contributed by atoms with E-state index in [1.165, 1.54) is 0 Å². The Hall–Kier alpha value is -0.810. The molecule has 20 heavy (non-hydrogen) atoms. The molecule has 0 bridgehead atoms. The van der Waals surface area contributed by atoms with Gasteiger partial charge in [-0.2, -0.15) is 0 Å². The second-order valence-electron chi connectivity index (χ2n) is 6.31. The van der Waals surface area contributed by atoms with Gasteiger partial charge in [0, 0.05) is 24.5 Å². The van der Waals surface area contributed by atoms with Gasteiger partial charge < -0.3 is 16.4 Å². The maximum absolute atomic E-state index is 12.6. The highest BCUT2D eigenvalue weighted by molar-refractivity contribution is 5.85. The van der Waals surface area contributed by atoms with Crippen molar-refractivity contribution in [2.45, 2.75) is 51.0 Å². The standard InChI is InChI=1S/C14H25N3O2.ClH/c1-14(16)7-3-2-4-11(14)13(19)17-8-5-10(6-9-17)12(15)18;/h10-11H,2-9,16H2,1H3,(H2,15,18);1H. The normalized spacial score (nSPS) is 31.5. The molecule has 2 atom stereocenters. The molecule has 2 fully saturated rings. The monoisotopic (exact) mass is 303 g/mol. The molecule has 1 saturated heterocycles. The van der Waals surface area contributed by atoms with Gasteiger partial charge in [-0.3, -0.25) is 9.59 Å². The lowest BCUT2D eigenvalue weighted by Crippen LogP contribution is -2.55. The van der Waals surface area contributed by atoms with Crippen molar-refractivity contribution in [3.8, 4) is 0 Å². The van der Waals surface area contributed by atoms with Gasteiger partial charge in [-0.1, -0.05) is 12.8 Å². The molecule has 1 aliphatic carbocycles. The van der Waals surface area contributed by atoms with Crippen LogP contribution in [0.25, 0.3) is 0 Å². The fourth-order valence-corrected chi connectivity index (χ4v) is 3.37. The van der Waals surface area contributed by atoms with Crippen molar-refractivity contribution in [1.29, 1.82) is 0 Å².